The molecule has 0 unspecified atom stereocenters. The Balaban J connectivity index is 1.67. The van der Waals surface area contributed by atoms with Crippen LogP contribution in [0.5, 0.6) is 0 Å². The van der Waals surface area contributed by atoms with Gasteiger partial charge in [0.25, 0.3) is 0 Å². The lowest BCUT2D eigenvalue weighted by molar-refractivity contribution is -0.137. The van der Waals surface area contributed by atoms with Crippen LogP contribution in [0.25, 0.3) is 22.3 Å². The first-order chi connectivity index (χ1) is 14.4. The number of carbonyl (C=O) groups excluding carboxylic acids is 1. The molecule has 1 amide bonds. The van der Waals surface area contributed by atoms with Gasteiger partial charge in [0, 0.05) is 23.3 Å². The van der Waals surface area contributed by atoms with E-state index < -0.39 is 11.7 Å². The van der Waals surface area contributed by atoms with Crippen LogP contribution in [0.2, 0.25) is 0 Å². The number of halogens is 3. The fraction of sp³-hybridized carbons (Fsp3) is 0.0909. The van der Waals surface area contributed by atoms with Crippen LogP contribution in [0, 0.1) is 0 Å². The van der Waals surface area contributed by atoms with Crippen molar-refractivity contribution < 1.29 is 18.0 Å². The summed E-state index contributed by atoms with van der Waals surface area (Å²) in [4.78, 5) is 25.0. The van der Waals surface area contributed by atoms with Crippen molar-refractivity contribution in [2.45, 2.75) is 12.6 Å². The third-order valence-corrected chi connectivity index (χ3v) is 4.44. The van der Waals surface area contributed by atoms with Gasteiger partial charge in [-0.05, 0) is 29.8 Å². The smallest absolute Gasteiger partial charge is 0.324 e. The largest absolute Gasteiger partial charge is 0.416 e. The summed E-state index contributed by atoms with van der Waals surface area (Å²) in [5.41, 5.74) is 1.21. The number of rotatable bonds is 4. The first-order valence-corrected chi connectivity index (χ1v) is 9.02. The van der Waals surface area contributed by atoms with Crippen LogP contribution in [0.15, 0.2) is 73.2 Å². The van der Waals surface area contributed by atoms with E-state index in [4.69, 9.17) is 0 Å². The molecule has 150 valence electrons. The Morgan fingerprint density at radius 3 is 2.60 bits per heavy atom. The van der Waals surface area contributed by atoms with Gasteiger partial charge in [-0.25, -0.2) is 9.97 Å². The molecule has 0 atom stereocenters. The highest BCUT2D eigenvalue weighted by molar-refractivity contribution is 5.95. The van der Waals surface area contributed by atoms with Gasteiger partial charge in [0.2, 0.25) is 5.91 Å². The first-order valence-electron chi connectivity index (χ1n) is 9.02. The van der Waals surface area contributed by atoms with Gasteiger partial charge < -0.3 is 5.32 Å². The lowest BCUT2D eigenvalue weighted by Gasteiger charge is -2.10. The van der Waals surface area contributed by atoms with Crippen LogP contribution >= 0.6 is 0 Å². The summed E-state index contributed by atoms with van der Waals surface area (Å²) in [7, 11) is 0. The lowest BCUT2D eigenvalue weighted by Crippen LogP contribution is -2.15. The highest BCUT2D eigenvalue weighted by atomic mass is 19.4. The van der Waals surface area contributed by atoms with Gasteiger partial charge in [-0.1, -0.05) is 30.3 Å². The molecule has 30 heavy (non-hydrogen) atoms. The van der Waals surface area contributed by atoms with Crippen LogP contribution < -0.4 is 5.32 Å². The van der Waals surface area contributed by atoms with Gasteiger partial charge in [-0.15, -0.1) is 0 Å². The molecule has 0 bridgehead atoms. The summed E-state index contributed by atoms with van der Waals surface area (Å²) in [6, 6.07) is 13.6. The summed E-state index contributed by atoms with van der Waals surface area (Å²) in [5, 5.41) is 3.45. The molecule has 2 heterocycles. The van der Waals surface area contributed by atoms with E-state index in [1.54, 1.807) is 42.7 Å². The van der Waals surface area contributed by atoms with E-state index in [1.165, 1.54) is 18.3 Å². The fourth-order valence-electron chi connectivity index (χ4n) is 3.05. The first kappa shape index (κ1) is 19.5. The van der Waals surface area contributed by atoms with E-state index >= 15 is 0 Å². The number of para-hydroxylation sites is 1. The minimum Gasteiger partial charge on any atom is -0.324 e. The molecule has 4 aromatic rings. The molecule has 8 heteroatoms. The Hall–Kier alpha value is -3.81. The van der Waals surface area contributed by atoms with Crippen molar-refractivity contribution in [3.8, 4) is 11.4 Å². The highest BCUT2D eigenvalue weighted by Gasteiger charge is 2.30. The number of nitrogens with one attached hydrogen (secondary N) is 1. The molecule has 2 aromatic heterocycles. The Kier molecular flexibility index (Phi) is 5.14. The van der Waals surface area contributed by atoms with Gasteiger partial charge in [0.15, 0.2) is 5.82 Å². The number of carbonyl (C=O) groups is 1. The molecule has 0 aliphatic carbocycles. The predicted octanol–water partition coefficient (Wildman–Crippen LogP) is 4.89. The maximum absolute atomic E-state index is 13.0. The van der Waals surface area contributed by atoms with Crippen molar-refractivity contribution in [3.63, 3.8) is 0 Å². The maximum atomic E-state index is 13.0. The van der Waals surface area contributed by atoms with Crippen molar-refractivity contribution in [3.05, 3.63) is 84.3 Å². The number of hydrogen-bond acceptors (Lipinski definition) is 4. The Bertz CT molecular complexity index is 1210. The molecule has 0 aliphatic rings. The molecule has 0 fully saturated rings. The predicted molar refractivity (Wildman–Crippen MR) is 107 cm³/mol. The topological polar surface area (TPSA) is 67.8 Å². The van der Waals surface area contributed by atoms with E-state index in [-0.39, 0.29) is 23.7 Å². The van der Waals surface area contributed by atoms with Gasteiger partial charge in [0.05, 0.1) is 29.4 Å². The normalized spacial score (nSPS) is 11.4. The van der Waals surface area contributed by atoms with E-state index in [9.17, 15) is 18.0 Å². The summed E-state index contributed by atoms with van der Waals surface area (Å²) in [6.45, 7) is 0. The summed E-state index contributed by atoms with van der Waals surface area (Å²) in [6.07, 6.45) is 0.273. The Morgan fingerprint density at radius 1 is 1.00 bits per heavy atom. The Labute approximate surface area is 169 Å². The van der Waals surface area contributed by atoms with Crippen LogP contribution in [0.3, 0.4) is 0 Å². The van der Waals surface area contributed by atoms with Gasteiger partial charge in [-0.3, -0.25) is 9.78 Å². The standard InChI is InChI=1S/C22H15F3N4O/c23-22(24,25)17-7-2-5-15(10-17)21-27-12-16-6-1-4-14(20(16)29-21)11-19(30)28-18-8-3-9-26-13-18/h1-10,12-13H,11H2,(H,28,30). The van der Waals surface area contributed by atoms with Crippen LogP contribution in [0.4, 0.5) is 18.9 Å². The number of pyridine rings is 1. The molecule has 0 spiro atoms. The van der Waals surface area contributed by atoms with Crippen molar-refractivity contribution in [2.24, 2.45) is 0 Å². The molecule has 5 nitrogen and oxygen atoms in total. The summed E-state index contributed by atoms with van der Waals surface area (Å²) >= 11 is 0. The minimum absolute atomic E-state index is 0.0469. The zero-order valence-electron chi connectivity index (χ0n) is 15.5. The SMILES string of the molecule is O=C(Cc1cccc2cnc(-c3cccc(C(F)(F)F)c3)nc12)Nc1cccnc1. The number of hydrogen-bond donors (Lipinski definition) is 1. The summed E-state index contributed by atoms with van der Waals surface area (Å²) < 4.78 is 39.1. The van der Waals surface area contributed by atoms with Crippen LogP contribution in [-0.4, -0.2) is 20.9 Å². The molecule has 1 N–H and O–H groups in total. The molecule has 4 rings (SSSR count). The van der Waals surface area contributed by atoms with Crippen molar-refractivity contribution in [2.75, 3.05) is 5.32 Å². The lowest BCUT2D eigenvalue weighted by atomic mass is 10.1. The molecule has 0 saturated heterocycles. The number of alkyl halides is 3. The van der Waals surface area contributed by atoms with Gasteiger partial charge in [-0.2, -0.15) is 13.2 Å². The average molecular weight is 408 g/mol. The summed E-state index contributed by atoms with van der Waals surface area (Å²) in [5.74, 6) is -0.0940. The van der Waals surface area contributed by atoms with Gasteiger partial charge in [0.1, 0.15) is 0 Å². The van der Waals surface area contributed by atoms with Crippen LogP contribution in [0.1, 0.15) is 11.1 Å². The molecule has 0 aliphatic heterocycles. The number of fused-ring (bicyclic) bond motifs is 1. The highest BCUT2D eigenvalue weighted by Crippen LogP contribution is 2.31. The average Bonchev–Trinajstić information content (AvgIpc) is 2.74. The van der Waals surface area contributed by atoms with Crippen molar-refractivity contribution in [1.82, 2.24) is 15.0 Å². The van der Waals surface area contributed by atoms with E-state index in [1.807, 2.05) is 0 Å². The maximum Gasteiger partial charge on any atom is 0.416 e. The molecule has 0 radical (unpaired) electrons. The van der Waals surface area contributed by atoms with E-state index in [2.05, 4.69) is 20.3 Å². The van der Waals surface area contributed by atoms with E-state index in [0.717, 1.165) is 12.1 Å². The van der Waals surface area contributed by atoms with Crippen LogP contribution in [-0.2, 0) is 17.4 Å². The third kappa shape index (κ3) is 4.27. The van der Waals surface area contributed by atoms with Crippen molar-refractivity contribution >= 4 is 22.5 Å². The second-order valence-corrected chi connectivity index (χ2v) is 6.59. The van der Waals surface area contributed by atoms with Crippen molar-refractivity contribution in [1.29, 1.82) is 0 Å². The fourth-order valence-corrected chi connectivity index (χ4v) is 3.05. The zero-order valence-corrected chi connectivity index (χ0v) is 15.5. The quantitative estimate of drug-likeness (QED) is 0.522. The molecule has 0 saturated carbocycles. The monoisotopic (exact) mass is 408 g/mol. The number of amides is 1. The Morgan fingerprint density at radius 2 is 1.83 bits per heavy atom. The third-order valence-electron chi connectivity index (χ3n) is 4.44. The zero-order chi connectivity index (χ0) is 21.1. The minimum atomic E-state index is -4.46. The molecule has 2 aromatic carbocycles. The molecular weight excluding hydrogens is 393 g/mol. The second-order valence-electron chi connectivity index (χ2n) is 6.59. The number of nitrogens with zero attached hydrogens (tertiary/aromatic N) is 3. The number of aromatic nitrogens is 3. The second kappa shape index (κ2) is 7.90. The van der Waals surface area contributed by atoms with Gasteiger partial charge >= 0.3 is 6.18 Å². The van der Waals surface area contributed by atoms with E-state index in [0.29, 0.717) is 22.2 Å². The molecular formula is C22H15F3N4O. The number of anilines is 1. The number of benzene rings is 2.